The van der Waals surface area contributed by atoms with Crippen LogP contribution >= 0.6 is 11.6 Å². The van der Waals surface area contributed by atoms with Gasteiger partial charge in [0.2, 0.25) is 5.91 Å². The molecule has 1 aromatic carbocycles. The van der Waals surface area contributed by atoms with E-state index in [1.54, 1.807) is 19.9 Å². The number of carbonyl (C=O) groups is 3. The third-order valence-electron chi connectivity index (χ3n) is 5.33. The smallest absolute Gasteiger partial charge is 0.323 e. The number of nitrogens with two attached hydrogens (primary N) is 1. The number of esters is 1. The molecule has 3 atom stereocenters. The fourth-order valence-electron chi connectivity index (χ4n) is 3.49. The highest BCUT2D eigenvalue weighted by Gasteiger charge is 2.32. The first-order chi connectivity index (χ1) is 15.7. The van der Waals surface area contributed by atoms with Crippen molar-refractivity contribution in [3.63, 3.8) is 0 Å². The van der Waals surface area contributed by atoms with Crippen molar-refractivity contribution in [2.75, 3.05) is 24.2 Å². The van der Waals surface area contributed by atoms with Crippen molar-refractivity contribution in [2.24, 2.45) is 0 Å². The van der Waals surface area contributed by atoms with E-state index < -0.39 is 23.6 Å². The molecule has 1 fully saturated rings. The van der Waals surface area contributed by atoms with Gasteiger partial charge in [0.15, 0.2) is 0 Å². The van der Waals surface area contributed by atoms with Crippen molar-refractivity contribution < 1.29 is 19.1 Å². The monoisotopic (exact) mass is 475 g/mol. The Hall–Kier alpha value is -3.37. The number of nitrogens with zero attached hydrogens (tertiary/aromatic N) is 1. The first-order valence-corrected chi connectivity index (χ1v) is 10.9. The van der Waals surface area contributed by atoms with Gasteiger partial charge < -0.3 is 31.0 Å². The summed E-state index contributed by atoms with van der Waals surface area (Å²) >= 11 is 5.96. The largest absolute Gasteiger partial charge is 0.465 e. The Kier molecular flexibility index (Phi) is 7.72. The number of ether oxygens (including phenoxy) is 1. The van der Waals surface area contributed by atoms with Gasteiger partial charge >= 0.3 is 5.97 Å². The van der Waals surface area contributed by atoms with E-state index in [-0.39, 0.29) is 40.8 Å². The molecule has 1 aromatic heterocycles. The van der Waals surface area contributed by atoms with Crippen molar-refractivity contribution in [2.45, 2.75) is 38.4 Å². The lowest BCUT2D eigenvalue weighted by Crippen LogP contribution is -2.42. The van der Waals surface area contributed by atoms with E-state index in [1.807, 2.05) is 0 Å². The molecule has 176 valence electrons. The molecule has 0 spiro atoms. The lowest BCUT2D eigenvalue weighted by Gasteiger charge is -2.19. The van der Waals surface area contributed by atoms with E-state index in [2.05, 4.69) is 16.0 Å². The van der Waals surface area contributed by atoms with Crippen LogP contribution in [0, 0.1) is 0 Å². The van der Waals surface area contributed by atoms with Crippen LogP contribution in [0.1, 0.15) is 36.7 Å². The van der Waals surface area contributed by atoms with Gasteiger partial charge in [0.1, 0.15) is 17.8 Å². The molecule has 5 N–H and O–H groups in total. The SMILES string of the molecule is CCOC(=O)[C@@H]1C[C@@H](NC(=O)C(C)n2cccc(NC(=O)c3ccc(N)c(Cl)c3)c2=O)CN1. The summed E-state index contributed by atoms with van der Waals surface area (Å²) in [4.78, 5) is 50.0. The number of amides is 2. The van der Waals surface area contributed by atoms with Crippen molar-refractivity contribution >= 4 is 40.8 Å². The van der Waals surface area contributed by atoms with Gasteiger partial charge in [0, 0.05) is 24.3 Å². The summed E-state index contributed by atoms with van der Waals surface area (Å²) in [5.74, 6) is -1.28. The van der Waals surface area contributed by atoms with Crippen LogP contribution in [0.5, 0.6) is 0 Å². The van der Waals surface area contributed by atoms with E-state index in [4.69, 9.17) is 22.1 Å². The van der Waals surface area contributed by atoms with E-state index in [0.717, 1.165) is 0 Å². The average Bonchev–Trinajstić information content (AvgIpc) is 3.25. The molecule has 0 bridgehead atoms. The average molecular weight is 476 g/mol. The minimum absolute atomic E-state index is 0.0139. The molecule has 0 radical (unpaired) electrons. The number of anilines is 2. The molecule has 3 rings (SSSR count). The maximum Gasteiger partial charge on any atom is 0.323 e. The highest BCUT2D eigenvalue weighted by Crippen LogP contribution is 2.20. The number of carbonyl (C=O) groups excluding carboxylic acids is 3. The topological polar surface area (TPSA) is 145 Å². The Balaban J connectivity index is 1.67. The summed E-state index contributed by atoms with van der Waals surface area (Å²) in [6, 6.07) is 5.81. The summed E-state index contributed by atoms with van der Waals surface area (Å²) in [7, 11) is 0. The van der Waals surface area contributed by atoms with Crippen LogP contribution in [0.25, 0.3) is 0 Å². The molecule has 2 aromatic rings. The molecular weight excluding hydrogens is 450 g/mol. The van der Waals surface area contributed by atoms with Crippen molar-refractivity contribution in [3.05, 3.63) is 57.5 Å². The quantitative estimate of drug-likeness (QED) is 0.349. The third-order valence-corrected chi connectivity index (χ3v) is 5.66. The van der Waals surface area contributed by atoms with Crippen LogP contribution in [0.15, 0.2) is 41.3 Å². The fraction of sp³-hybridized carbons (Fsp3) is 0.364. The Bertz CT molecular complexity index is 1120. The molecule has 2 amide bonds. The zero-order valence-corrected chi connectivity index (χ0v) is 19.0. The molecule has 1 aliphatic rings. The van der Waals surface area contributed by atoms with Gasteiger partial charge in [0.05, 0.1) is 17.3 Å². The first-order valence-electron chi connectivity index (χ1n) is 10.5. The molecule has 2 heterocycles. The number of aromatic nitrogens is 1. The lowest BCUT2D eigenvalue weighted by molar-refractivity contribution is -0.145. The van der Waals surface area contributed by atoms with Gasteiger partial charge in [0.25, 0.3) is 11.5 Å². The summed E-state index contributed by atoms with van der Waals surface area (Å²) in [6.45, 7) is 4.00. The normalized spacial score (nSPS) is 18.4. The Labute approximate surface area is 195 Å². The number of benzene rings is 1. The fourth-order valence-corrected chi connectivity index (χ4v) is 3.67. The maximum absolute atomic E-state index is 12.9. The Morgan fingerprint density at radius 1 is 1.33 bits per heavy atom. The van der Waals surface area contributed by atoms with Crippen LogP contribution in [-0.4, -0.2) is 47.6 Å². The van der Waals surface area contributed by atoms with Crippen LogP contribution in [0.2, 0.25) is 5.02 Å². The summed E-state index contributed by atoms with van der Waals surface area (Å²) in [5.41, 5.74) is 5.71. The minimum Gasteiger partial charge on any atom is -0.465 e. The summed E-state index contributed by atoms with van der Waals surface area (Å²) < 4.78 is 6.22. The second-order valence-electron chi connectivity index (χ2n) is 7.65. The van der Waals surface area contributed by atoms with E-state index >= 15 is 0 Å². The van der Waals surface area contributed by atoms with Gasteiger partial charge in [-0.15, -0.1) is 0 Å². The van der Waals surface area contributed by atoms with Crippen LogP contribution in [0.4, 0.5) is 11.4 Å². The zero-order chi connectivity index (χ0) is 24.1. The second-order valence-corrected chi connectivity index (χ2v) is 8.06. The Morgan fingerprint density at radius 3 is 2.79 bits per heavy atom. The number of halogens is 1. The zero-order valence-electron chi connectivity index (χ0n) is 18.3. The van der Waals surface area contributed by atoms with Crippen LogP contribution in [-0.2, 0) is 14.3 Å². The van der Waals surface area contributed by atoms with Gasteiger partial charge in [-0.25, -0.2) is 0 Å². The van der Waals surface area contributed by atoms with Crippen molar-refractivity contribution in [1.82, 2.24) is 15.2 Å². The minimum atomic E-state index is -0.845. The van der Waals surface area contributed by atoms with E-state index in [9.17, 15) is 19.2 Å². The maximum atomic E-state index is 12.9. The van der Waals surface area contributed by atoms with E-state index in [1.165, 1.54) is 35.0 Å². The van der Waals surface area contributed by atoms with Crippen molar-refractivity contribution in [1.29, 1.82) is 0 Å². The molecule has 10 nitrogen and oxygen atoms in total. The molecule has 1 saturated heterocycles. The van der Waals surface area contributed by atoms with Gasteiger partial charge in [-0.05, 0) is 50.6 Å². The van der Waals surface area contributed by atoms with Gasteiger partial charge in [-0.1, -0.05) is 11.6 Å². The Morgan fingerprint density at radius 2 is 2.09 bits per heavy atom. The standard InChI is InChI=1S/C22H26ClN5O5/c1-3-33-22(32)18-10-14(11-25-18)26-19(29)12(2)28-8-4-5-17(21(28)31)27-20(30)13-6-7-16(24)15(23)9-13/h4-9,12,14,18,25H,3,10-11,24H2,1-2H3,(H,26,29)(H,27,30)/t12?,14-,18+/m1/s1. The second kappa shape index (κ2) is 10.5. The first kappa shape index (κ1) is 24.3. The van der Waals surface area contributed by atoms with Crippen molar-refractivity contribution in [3.8, 4) is 0 Å². The molecule has 1 aliphatic heterocycles. The van der Waals surface area contributed by atoms with Gasteiger partial charge in [-0.3, -0.25) is 19.2 Å². The summed E-state index contributed by atoms with van der Waals surface area (Å²) in [5, 5.41) is 8.64. The molecule has 1 unspecified atom stereocenters. The molecule has 11 heteroatoms. The predicted molar refractivity (Wildman–Crippen MR) is 124 cm³/mol. The number of pyridine rings is 1. The molecule has 0 aliphatic carbocycles. The third kappa shape index (κ3) is 5.71. The number of hydrogen-bond acceptors (Lipinski definition) is 7. The number of nitrogen functional groups attached to an aromatic ring is 1. The molecular formula is C22H26ClN5O5. The number of hydrogen-bond donors (Lipinski definition) is 4. The van der Waals surface area contributed by atoms with Crippen LogP contribution in [0.3, 0.4) is 0 Å². The predicted octanol–water partition coefficient (Wildman–Crippen LogP) is 1.31. The number of rotatable bonds is 7. The van der Waals surface area contributed by atoms with Crippen LogP contribution < -0.4 is 27.2 Å². The summed E-state index contributed by atoms with van der Waals surface area (Å²) in [6.07, 6.45) is 1.86. The number of nitrogens with one attached hydrogen (secondary N) is 3. The van der Waals surface area contributed by atoms with E-state index in [0.29, 0.717) is 18.7 Å². The molecule has 33 heavy (non-hydrogen) atoms. The highest BCUT2D eigenvalue weighted by atomic mass is 35.5. The lowest BCUT2D eigenvalue weighted by atomic mass is 10.1. The molecule has 0 saturated carbocycles. The highest BCUT2D eigenvalue weighted by molar-refractivity contribution is 6.33. The van der Waals surface area contributed by atoms with Gasteiger partial charge in [-0.2, -0.15) is 0 Å².